The van der Waals surface area contributed by atoms with Gasteiger partial charge in [-0.3, -0.25) is 4.79 Å². The number of nitrogens with zero attached hydrogens (tertiary/aromatic N) is 2. The summed E-state index contributed by atoms with van der Waals surface area (Å²) in [7, 11) is 1.49. The van der Waals surface area contributed by atoms with Gasteiger partial charge >= 0.3 is 0 Å². The van der Waals surface area contributed by atoms with E-state index in [4.69, 9.17) is 22.5 Å². The smallest absolute Gasteiger partial charge is 0.256 e. The lowest BCUT2D eigenvalue weighted by Gasteiger charge is -2.17. The van der Waals surface area contributed by atoms with Crippen LogP contribution in [-0.2, 0) is 0 Å². The largest absolute Gasteiger partial charge is 0.409 e. The fourth-order valence-corrected chi connectivity index (χ4v) is 1.47. The Balaban J connectivity index is 2.77. The number of amidine groups is 1. The molecule has 1 aromatic rings. The van der Waals surface area contributed by atoms with Crippen LogP contribution >= 0.6 is 11.6 Å². The lowest BCUT2D eigenvalue weighted by atomic mass is 10.2. The molecule has 0 aliphatic heterocycles. The van der Waals surface area contributed by atoms with Crippen LogP contribution in [0.2, 0.25) is 5.02 Å². The number of hydrogen-bond acceptors (Lipinski definition) is 3. The molecule has 0 aliphatic rings. The first-order valence-corrected chi connectivity index (χ1v) is 5.50. The first-order valence-electron chi connectivity index (χ1n) is 5.12. The van der Waals surface area contributed by atoms with Crippen LogP contribution in [0.4, 0.5) is 4.39 Å². The van der Waals surface area contributed by atoms with Gasteiger partial charge in [-0.15, -0.1) is 0 Å². The molecule has 3 N–H and O–H groups in total. The minimum absolute atomic E-state index is 0.00113. The van der Waals surface area contributed by atoms with Crippen LogP contribution in [0.1, 0.15) is 16.8 Å². The number of rotatable bonds is 4. The molecular formula is C11H13ClFN3O2. The van der Waals surface area contributed by atoms with Crippen molar-refractivity contribution in [2.45, 2.75) is 6.42 Å². The van der Waals surface area contributed by atoms with Gasteiger partial charge < -0.3 is 15.8 Å². The van der Waals surface area contributed by atoms with Gasteiger partial charge in [-0.25, -0.2) is 4.39 Å². The Morgan fingerprint density at radius 3 is 2.89 bits per heavy atom. The number of amides is 1. The second-order valence-corrected chi connectivity index (χ2v) is 4.13. The summed E-state index contributed by atoms with van der Waals surface area (Å²) < 4.78 is 13.5. The normalized spacial score (nSPS) is 11.4. The number of carbonyl (C=O) groups is 1. The van der Waals surface area contributed by atoms with E-state index in [-0.39, 0.29) is 29.4 Å². The van der Waals surface area contributed by atoms with Gasteiger partial charge in [0.15, 0.2) is 0 Å². The first-order chi connectivity index (χ1) is 8.45. The van der Waals surface area contributed by atoms with Crippen molar-refractivity contribution in [1.29, 1.82) is 0 Å². The summed E-state index contributed by atoms with van der Waals surface area (Å²) in [6.45, 7) is 0.209. The highest BCUT2D eigenvalue weighted by molar-refractivity contribution is 6.31. The molecule has 0 atom stereocenters. The standard InChI is InChI=1S/C11H13ClFN3O2/c1-16(5-4-10(14)15-18)11(17)8-6-7(12)2-3-9(8)13/h2-3,6,18H,4-5H2,1H3,(H2,14,15). The van der Waals surface area contributed by atoms with Crippen molar-refractivity contribution in [3.05, 3.63) is 34.6 Å². The molecule has 0 radical (unpaired) electrons. The van der Waals surface area contributed by atoms with Crippen molar-refractivity contribution in [2.75, 3.05) is 13.6 Å². The predicted molar refractivity (Wildman–Crippen MR) is 66.4 cm³/mol. The van der Waals surface area contributed by atoms with E-state index >= 15 is 0 Å². The Labute approximate surface area is 109 Å². The molecule has 0 unspecified atom stereocenters. The topological polar surface area (TPSA) is 78.9 Å². The number of nitrogens with two attached hydrogens (primary N) is 1. The first kappa shape index (κ1) is 14.2. The van der Waals surface area contributed by atoms with Crippen LogP contribution in [-0.4, -0.2) is 35.4 Å². The lowest BCUT2D eigenvalue weighted by molar-refractivity contribution is 0.0794. The summed E-state index contributed by atoms with van der Waals surface area (Å²) in [6, 6.07) is 3.76. The van der Waals surface area contributed by atoms with E-state index in [1.807, 2.05) is 0 Å². The third-order valence-electron chi connectivity index (χ3n) is 2.34. The predicted octanol–water partition coefficient (Wildman–Crippen LogP) is 1.69. The highest BCUT2D eigenvalue weighted by Gasteiger charge is 2.16. The SMILES string of the molecule is CN(CC/C(N)=N/O)C(=O)c1cc(Cl)ccc1F. The molecule has 0 fully saturated rings. The Morgan fingerprint density at radius 1 is 1.61 bits per heavy atom. The average Bonchev–Trinajstić information content (AvgIpc) is 2.37. The molecule has 1 rings (SSSR count). The van der Waals surface area contributed by atoms with Crippen molar-refractivity contribution >= 4 is 23.3 Å². The van der Waals surface area contributed by atoms with Gasteiger partial charge in [-0.1, -0.05) is 16.8 Å². The van der Waals surface area contributed by atoms with Crippen molar-refractivity contribution in [2.24, 2.45) is 10.9 Å². The summed E-state index contributed by atoms with van der Waals surface area (Å²) in [5.74, 6) is -1.15. The second kappa shape index (κ2) is 6.20. The number of halogens is 2. The Hall–Kier alpha value is -1.82. The number of benzene rings is 1. The molecule has 0 heterocycles. The maximum Gasteiger partial charge on any atom is 0.256 e. The number of hydrogen-bond donors (Lipinski definition) is 2. The van der Waals surface area contributed by atoms with Gasteiger partial charge in [0, 0.05) is 25.0 Å². The quantitative estimate of drug-likeness (QED) is 0.379. The van der Waals surface area contributed by atoms with Crippen molar-refractivity contribution < 1.29 is 14.4 Å². The molecule has 98 valence electrons. The van der Waals surface area contributed by atoms with Gasteiger partial charge in [-0.2, -0.15) is 0 Å². The van der Waals surface area contributed by atoms with E-state index in [1.54, 1.807) is 0 Å². The number of oxime groups is 1. The highest BCUT2D eigenvalue weighted by atomic mass is 35.5. The van der Waals surface area contributed by atoms with Crippen molar-refractivity contribution in [3.8, 4) is 0 Å². The van der Waals surface area contributed by atoms with Crippen LogP contribution < -0.4 is 5.73 Å². The molecule has 1 amide bonds. The van der Waals surface area contributed by atoms with Crippen LogP contribution in [0.15, 0.2) is 23.4 Å². The molecule has 0 spiro atoms. The molecule has 7 heteroatoms. The summed E-state index contributed by atoms with van der Waals surface area (Å²) in [5, 5.41) is 11.4. The minimum atomic E-state index is -0.639. The summed E-state index contributed by atoms with van der Waals surface area (Å²) in [5.41, 5.74) is 5.17. The summed E-state index contributed by atoms with van der Waals surface area (Å²) >= 11 is 5.71. The van der Waals surface area contributed by atoms with Crippen molar-refractivity contribution in [1.82, 2.24) is 4.90 Å². The highest BCUT2D eigenvalue weighted by Crippen LogP contribution is 2.16. The van der Waals surface area contributed by atoms with Crippen LogP contribution in [0.3, 0.4) is 0 Å². The summed E-state index contributed by atoms with van der Waals surface area (Å²) in [6.07, 6.45) is 0.195. The van der Waals surface area contributed by atoms with Crippen LogP contribution in [0, 0.1) is 5.82 Å². The lowest BCUT2D eigenvalue weighted by Crippen LogP contribution is -2.31. The third kappa shape index (κ3) is 3.59. The molecule has 0 saturated heterocycles. The van der Waals surface area contributed by atoms with Crippen LogP contribution in [0.5, 0.6) is 0 Å². The molecule has 0 bridgehead atoms. The molecule has 1 aromatic carbocycles. The van der Waals surface area contributed by atoms with E-state index < -0.39 is 11.7 Å². The Kier molecular flexibility index (Phi) is 4.91. The van der Waals surface area contributed by atoms with E-state index in [9.17, 15) is 9.18 Å². The van der Waals surface area contributed by atoms with Gasteiger partial charge in [0.05, 0.1) is 5.56 Å². The van der Waals surface area contributed by atoms with Crippen molar-refractivity contribution in [3.63, 3.8) is 0 Å². The zero-order valence-corrected chi connectivity index (χ0v) is 10.5. The Bertz CT molecular complexity index is 479. The average molecular weight is 274 g/mol. The van der Waals surface area contributed by atoms with E-state index in [1.165, 1.54) is 24.1 Å². The molecule has 0 aliphatic carbocycles. The minimum Gasteiger partial charge on any atom is -0.409 e. The van der Waals surface area contributed by atoms with E-state index in [2.05, 4.69) is 5.16 Å². The fourth-order valence-electron chi connectivity index (χ4n) is 1.30. The van der Waals surface area contributed by atoms with Gasteiger partial charge in [0.1, 0.15) is 11.7 Å². The zero-order valence-electron chi connectivity index (χ0n) is 9.73. The molecule has 0 saturated carbocycles. The summed E-state index contributed by atoms with van der Waals surface area (Å²) in [4.78, 5) is 13.2. The monoisotopic (exact) mass is 273 g/mol. The molecule has 18 heavy (non-hydrogen) atoms. The number of carbonyl (C=O) groups excluding carboxylic acids is 1. The second-order valence-electron chi connectivity index (χ2n) is 3.69. The maximum absolute atomic E-state index is 13.5. The Morgan fingerprint density at radius 2 is 2.28 bits per heavy atom. The van der Waals surface area contributed by atoms with Gasteiger partial charge in [-0.05, 0) is 18.2 Å². The van der Waals surface area contributed by atoms with Gasteiger partial charge in [0.25, 0.3) is 5.91 Å². The zero-order chi connectivity index (χ0) is 13.7. The molecular weight excluding hydrogens is 261 g/mol. The van der Waals surface area contributed by atoms with Crippen LogP contribution in [0.25, 0.3) is 0 Å². The fraction of sp³-hybridized carbons (Fsp3) is 0.273. The van der Waals surface area contributed by atoms with Gasteiger partial charge in [0.2, 0.25) is 0 Å². The molecule has 0 aromatic heterocycles. The van der Waals surface area contributed by atoms with E-state index in [0.717, 1.165) is 6.07 Å². The third-order valence-corrected chi connectivity index (χ3v) is 2.57. The maximum atomic E-state index is 13.5. The molecule has 5 nitrogen and oxygen atoms in total. The van der Waals surface area contributed by atoms with E-state index in [0.29, 0.717) is 0 Å².